The quantitative estimate of drug-likeness (QED) is 0.750. The first-order chi connectivity index (χ1) is 13.9. The lowest BCUT2D eigenvalue weighted by atomic mass is 9.88. The van der Waals surface area contributed by atoms with Crippen LogP contribution in [0.5, 0.6) is 0 Å². The summed E-state index contributed by atoms with van der Waals surface area (Å²) in [4.78, 5) is 14.3. The van der Waals surface area contributed by atoms with Crippen molar-refractivity contribution in [2.24, 2.45) is 0 Å². The standard InChI is InChI=1S/C22H40N8/c1-21(2,3)19-23-17(25-27-19)13-29(7)15-11-9-10-12-16(15)30(8)14-18-24-20(28-26-18)22(4,5)6/h15-16H,9-14H2,1-8H3,(H,23,25,27)(H,24,26,28). The van der Waals surface area contributed by atoms with E-state index in [9.17, 15) is 0 Å². The van der Waals surface area contributed by atoms with Crippen molar-refractivity contribution in [1.82, 2.24) is 40.2 Å². The summed E-state index contributed by atoms with van der Waals surface area (Å²) >= 11 is 0. The van der Waals surface area contributed by atoms with Crippen molar-refractivity contribution < 1.29 is 0 Å². The third kappa shape index (κ3) is 5.46. The van der Waals surface area contributed by atoms with Crippen molar-refractivity contribution in [3.05, 3.63) is 23.3 Å². The van der Waals surface area contributed by atoms with E-state index in [1.54, 1.807) is 0 Å². The van der Waals surface area contributed by atoms with Gasteiger partial charge in [-0.05, 0) is 26.9 Å². The van der Waals surface area contributed by atoms with Gasteiger partial charge in [-0.15, -0.1) is 0 Å². The average Bonchev–Trinajstić information content (AvgIpc) is 3.30. The molecule has 2 aromatic rings. The minimum Gasteiger partial charge on any atom is -0.294 e. The molecule has 2 aromatic heterocycles. The summed E-state index contributed by atoms with van der Waals surface area (Å²) in [6, 6.07) is 0.967. The number of aromatic amines is 2. The summed E-state index contributed by atoms with van der Waals surface area (Å²) in [6.45, 7) is 14.4. The fourth-order valence-electron chi connectivity index (χ4n) is 4.23. The molecule has 3 rings (SSSR count). The zero-order valence-electron chi connectivity index (χ0n) is 20.1. The number of H-pyrrole nitrogens is 2. The van der Waals surface area contributed by atoms with E-state index in [1.807, 2.05) is 0 Å². The third-order valence-corrected chi connectivity index (χ3v) is 6.03. The maximum absolute atomic E-state index is 4.73. The van der Waals surface area contributed by atoms with Crippen LogP contribution in [0.3, 0.4) is 0 Å². The summed E-state index contributed by atoms with van der Waals surface area (Å²) in [6.07, 6.45) is 4.96. The van der Waals surface area contributed by atoms with Crippen molar-refractivity contribution in [3.8, 4) is 0 Å². The fraction of sp³-hybridized carbons (Fsp3) is 0.818. The van der Waals surface area contributed by atoms with Crippen LogP contribution in [0.2, 0.25) is 0 Å². The first kappa shape index (κ1) is 22.9. The molecule has 30 heavy (non-hydrogen) atoms. The van der Waals surface area contributed by atoms with E-state index in [0.717, 1.165) is 36.4 Å². The highest BCUT2D eigenvalue weighted by Gasteiger charge is 2.32. The molecule has 0 spiro atoms. The van der Waals surface area contributed by atoms with Gasteiger partial charge >= 0.3 is 0 Å². The predicted molar refractivity (Wildman–Crippen MR) is 119 cm³/mol. The fourth-order valence-corrected chi connectivity index (χ4v) is 4.23. The van der Waals surface area contributed by atoms with E-state index in [0.29, 0.717) is 12.1 Å². The summed E-state index contributed by atoms with van der Waals surface area (Å²) in [5.41, 5.74) is -0.0756. The van der Waals surface area contributed by atoms with Gasteiger partial charge in [0, 0.05) is 22.9 Å². The Morgan fingerprint density at radius 3 is 1.40 bits per heavy atom. The van der Waals surface area contributed by atoms with Crippen molar-refractivity contribution >= 4 is 0 Å². The van der Waals surface area contributed by atoms with Crippen LogP contribution in [-0.4, -0.2) is 66.3 Å². The molecular weight excluding hydrogens is 376 g/mol. The van der Waals surface area contributed by atoms with Gasteiger partial charge in [-0.1, -0.05) is 54.4 Å². The molecule has 1 fully saturated rings. The molecule has 0 aliphatic heterocycles. The maximum Gasteiger partial charge on any atom is 0.156 e. The Hall–Kier alpha value is -1.80. The van der Waals surface area contributed by atoms with E-state index in [2.05, 4.69) is 85.8 Å². The number of hydrogen-bond acceptors (Lipinski definition) is 6. The Morgan fingerprint density at radius 2 is 1.10 bits per heavy atom. The lowest BCUT2D eigenvalue weighted by Gasteiger charge is -2.42. The Balaban J connectivity index is 1.66. The minimum absolute atomic E-state index is 0.0378. The van der Waals surface area contributed by atoms with Crippen molar-refractivity contribution in [3.63, 3.8) is 0 Å². The first-order valence-electron chi connectivity index (χ1n) is 11.2. The number of rotatable bonds is 6. The molecule has 2 unspecified atom stereocenters. The van der Waals surface area contributed by atoms with Crippen LogP contribution in [0.15, 0.2) is 0 Å². The highest BCUT2D eigenvalue weighted by molar-refractivity contribution is 5.04. The molecule has 0 radical (unpaired) electrons. The molecule has 2 atom stereocenters. The lowest BCUT2D eigenvalue weighted by molar-refractivity contribution is 0.0666. The van der Waals surface area contributed by atoms with Gasteiger partial charge in [0.05, 0.1) is 13.1 Å². The average molecular weight is 417 g/mol. The van der Waals surface area contributed by atoms with Crippen LogP contribution in [0.25, 0.3) is 0 Å². The molecule has 1 aliphatic carbocycles. The second-order valence-corrected chi connectivity index (χ2v) is 11.0. The number of likely N-dealkylation sites (N-methyl/N-ethyl adjacent to an activating group) is 2. The molecule has 1 aliphatic rings. The van der Waals surface area contributed by atoms with Crippen molar-refractivity contribution in [1.29, 1.82) is 0 Å². The van der Waals surface area contributed by atoms with Gasteiger partial charge in [0.25, 0.3) is 0 Å². The van der Waals surface area contributed by atoms with E-state index >= 15 is 0 Å². The van der Waals surface area contributed by atoms with Crippen LogP contribution in [0, 0.1) is 0 Å². The van der Waals surface area contributed by atoms with E-state index < -0.39 is 0 Å². The van der Waals surface area contributed by atoms with Gasteiger partial charge in [0.2, 0.25) is 0 Å². The Kier molecular flexibility index (Phi) is 6.67. The molecular formula is C22H40N8. The molecule has 0 bridgehead atoms. The van der Waals surface area contributed by atoms with Gasteiger partial charge < -0.3 is 0 Å². The molecule has 0 saturated heterocycles. The monoisotopic (exact) mass is 416 g/mol. The minimum atomic E-state index is -0.0378. The molecule has 8 heteroatoms. The van der Waals surface area contributed by atoms with Gasteiger partial charge in [-0.2, -0.15) is 10.2 Å². The second kappa shape index (κ2) is 8.75. The molecule has 0 aromatic carbocycles. The second-order valence-electron chi connectivity index (χ2n) is 11.0. The number of nitrogens with one attached hydrogen (secondary N) is 2. The summed E-state index contributed by atoms with van der Waals surface area (Å²) < 4.78 is 0. The van der Waals surface area contributed by atoms with Gasteiger partial charge in [-0.25, -0.2) is 9.97 Å². The molecule has 2 heterocycles. The van der Waals surface area contributed by atoms with E-state index in [4.69, 9.17) is 9.97 Å². The van der Waals surface area contributed by atoms with Crippen molar-refractivity contribution in [2.45, 2.75) is 103 Å². The Labute approximate surface area is 181 Å². The van der Waals surface area contributed by atoms with Crippen LogP contribution in [-0.2, 0) is 23.9 Å². The number of hydrogen-bond donors (Lipinski definition) is 2. The van der Waals surface area contributed by atoms with Crippen LogP contribution >= 0.6 is 0 Å². The van der Waals surface area contributed by atoms with Crippen LogP contribution in [0.4, 0.5) is 0 Å². The normalized spacial score (nSPS) is 21.0. The Bertz CT molecular complexity index is 741. The third-order valence-electron chi connectivity index (χ3n) is 6.03. The van der Waals surface area contributed by atoms with Gasteiger partial charge in [0.1, 0.15) is 11.6 Å². The van der Waals surface area contributed by atoms with E-state index in [1.165, 1.54) is 25.7 Å². The highest BCUT2D eigenvalue weighted by atomic mass is 15.3. The zero-order chi connectivity index (χ0) is 22.1. The van der Waals surface area contributed by atoms with E-state index in [-0.39, 0.29) is 10.8 Å². The Morgan fingerprint density at radius 1 is 0.733 bits per heavy atom. The van der Waals surface area contributed by atoms with Crippen LogP contribution in [0.1, 0.15) is 90.5 Å². The SMILES string of the molecule is CN(Cc1nc(C(C)(C)C)n[nH]1)C1CCCCC1N(C)Cc1nc(C(C)(C)C)n[nH]1. The smallest absolute Gasteiger partial charge is 0.156 e. The molecule has 1 saturated carbocycles. The zero-order valence-corrected chi connectivity index (χ0v) is 20.1. The highest BCUT2D eigenvalue weighted by Crippen LogP contribution is 2.28. The summed E-state index contributed by atoms with van der Waals surface area (Å²) in [5.74, 6) is 3.64. The maximum atomic E-state index is 4.73. The number of nitrogens with zero attached hydrogens (tertiary/aromatic N) is 6. The molecule has 8 nitrogen and oxygen atoms in total. The molecule has 168 valence electrons. The predicted octanol–water partition coefficient (Wildman–Crippen LogP) is 3.39. The first-order valence-corrected chi connectivity index (χ1v) is 11.2. The van der Waals surface area contributed by atoms with Crippen LogP contribution < -0.4 is 0 Å². The van der Waals surface area contributed by atoms with Gasteiger partial charge in [0.15, 0.2) is 11.6 Å². The topological polar surface area (TPSA) is 89.6 Å². The lowest BCUT2D eigenvalue weighted by Crippen LogP contribution is -2.50. The van der Waals surface area contributed by atoms with Gasteiger partial charge in [-0.3, -0.25) is 20.0 Å². The number of aromatic nitrogens is 6. The molecule has 2 N–H and O–H groups in total. The summed E-state index contributed by atoms with van der Waals surface area (Å²) in [5, 5.41) is 15.1. The molecule has 0 amide bonds. The summed E-state index contributed by atoms with van der Waals surface area (Å²) in [7, 11) is 4.42. The van der Waals surface area contributed by atoms with Crippen molar-refractivity contribution in [2.75, 3.05) is 14.1 Å². The largest absolute Gasteiger partial charge is 0.294 e.